The molecule has 2 aromatic carbocycles. The first-order valence-electron chi connectivity index (χ1n) is 15.0. The second kappa shape index (κ2) is 10.1. The number of nitrogens with zero attached hydrogens (tertiary/aromatic N) is 5. The lowest BCUT2D eigenvalue weighted by Crippen LogP contribution is -2.43. The number of benzene rings is 2. The number of aryl methyl sites for hydroxylation is 1. The van der Waals surface area contributed by atoms with Crippen molar-refractivity contribution < 1.29 is 19.0 Å². The molecule has 0 spiro atoms. The number of aromatic hydroxyl groups is 1. The highest BCUT2D eigenvalue weighted by molar-refractivity contribution is 6.09. The molecule has 3 atom stereocenters. The van der Waals surface area contributed by atoms with E-state index in [1.807, 2.05) is 25.1 Å². The Morgan fingerprint density at radius 3 is 2.90 bits per heavy atom. The van der Waals surface area contributed by atoms with Crippen molar-refractivity contribution in [3.8, 4) is 11.8 Å². The molecule has 4 aliphatic heterocycles. The molecule has 1 amide bonds. The molecule has 3 saturated heterocycles. The van der Waals surface area contributed by atoms with E-state index < -0.39 is 6.17 Å². The van der Waals surface area contributed by atoms with E-state index in [4.69, 9.17) is 14.7 Å². The zero-order valence-electron chi connectivity index (χ0n) is 23.9. The van der Waals surface area contributed by atoms with Crippen molar-refractivity contribution in [2.75, 3.05) is 37.7 Å². The molecule has 1 aromatic heterocycles. The number of carbonyl (C=O) groups excluding carboxylic acids is 1. The number of hydrogen-bond donors (Lipinski definition) is 1. The fourth-order valence-corrected chi connectivity index (χ4v) is 7.65. The van der Waals surface area contributed by atoms with Crippen LogP contribution in [0.2, 0.25) is 0 Å². The number of alkyl halides is 1. The third-order valence-electron chi connectivity index (χ3n) is 9.62. The van der Waals surface area contributed by atoms with Crippen LogP contribution in [0.1, 0.15) is 66.2 Å². The van der Waals surface area contributed by atoms with Crippen molar-refractivity contribution in [2.24, 2.45) is 5.92 Å². The molecule has 5 heterocycles. The van der Waals surface area contributed by atoms with Crippen molar-refractivity contribution in [3.63, 3.8) is 0 Å². The summed E-state index contributed by atoms with van der Waals surface area (Å²) in [6.45, 7) is 8.55. The van der Waals surface area contributed by atoms with E-state index in [1.54, 1.807) is 17.0 Å². The lowest BCUT2D eigenvalue weighted by molar-refractivity contribution is 0.0751. The number of amides is 1. The van der Waals surface area contributed by atoms with Gasteiger partial charge in [-0.1, -0.05) is 25.1 Å². The number of carbonyl (C=O) groups is 1. The minimum atomic E-state index is -0.818. The molecule has 216 valence electrons. The van der Waals surface area contributed by atoms with Crippen LogP contribution in [0.3, 0.4) is 0 Å². The quantitative estimate of drug-likeness (QED) is 0.472. The largest absolute Gasteiger partial charge is 0.508 e. The van der Waals surface area contributed by atoms with Crippen LogP contribution in [0, 0.1) is 12.8 Å². The first-order valence-corrected chi connectivity index (χ1v) is 15.0. The van der Waals surface area contributed by atoms with Gasteiger partial charge in [0.1, 0.15) is 24.3 Å². The summed E-state index contributed by atoms with van der Waals surface area (Å²) in [6, 6.07) is 9.42. The molecule has 0 bridgehead atoms. The van der Waals surface area contributed by atoms with Gasteiger partial charge in [-0.3, -0.25) is 9.69 Å². The van der Waals surface area contributed by atoms with E-state index >= 15 is 0 Å². The Morgan fingerprint density at radius 1 is 1.17 bits per heavy atom. The Balaban J connectivity index is 1.21. The Morgan fingerprint density at radius 2 is 2.05 bits per heavy atom. The van der Waals surface area contributed by atoms with Crippen LogP contribution in [0.15, 0.2) is 30.3 Å². The minimum Gasteiger partial charge on any atom is -0.508 e. The fourth-order valence-electron chi connectivity index (χ4n) is 7.65. The zero-order valence-corrected chi connectivity index (χ0v) is 23.9. The number of ether oxygens (including phenoxy) is 1. The number of piperidine rings is 1. The highest BCUT2D eigenvalue weighted by atomic mass is 19.1. The van der Waals surface area contributed by atoms with Crippen LogP contribution in [0.5, 0.6) is 11.8 Å². The molecular formula is C32H38FN5O3. The van der Waals surface area contributed by atoms with Crippen molar-refractivity contribution >= 4 is 22.5 Å². The van der Waals surface area contributed by atoms with Gasteiger partial charge in [-0.25, -0.2) is 4.39 Å². The van der Waals surface area contributed by atoms with Gasteiger partial charge in [-0.15, -0.1) is 0 Å². The van der Waals surface area contributed by atoms with Gasteiger partial charge < -0.3 is 19.6 Å². The summed E-state index contributed by atoms with van der Waals surface area (Å²) in [5.74, 6) is 1.33. The Kier molecular flexibility index (Phi) is 6.52. The topological polar surface area (TPSA) is 82.0 Å². The third-order valence-corrected chi connectivity index (χ3v) is 9.62. The van der Waals surface area contributed by atoms with Gasteiger partial charge in [-0.05, 0) is 73.5 Å². The number of rotatable bonds is 5. The Labute approximate surface area is 240 Å². The molecule has 1 N–H and O–H groups in total. The summed E-state index contributed by atoms with van der Waals surface area (Å²) in [5, 5.41) is 12.1. The maximum absolute atomic E-state index is 14.4. The van der Waals surface area contributed by atoms with Gasteiger partial charge in [-0.2, -0.15) is 9.97 Å². The average molecular weight is 560 g/mol. The van der Waals surface area contributed by atoms with E-state index in [0.29, 0.717) is 50.2 Å². The third kappa shape index (κ3) is 4.68. The second-order valence-corrected chi connectivity index (χ2v) is 12.6. The SMILES string of the molecule is Cc1cccc2cc(O)cc(C(=O)N3Cc4nc(OC[C@@]56CCCN5CC(F)C6)nc(N5CCCC(C)C5)c4C3)c12. The number of aromatic nitrogens is 2. The number of fused-ring (bicyclic) bond motifs is 3. The molecule has 9 heteroatoms. The zero-order chi connectivity index (χ0) is 28.3. The summed E-state index contributed by atoms with van der Waals surface area (Å²) < 4.78 is 20.7. The molecule has 4 aliphatic rings. The molecule has 0 aliphatic carbocycles. The van der Waals surface area contributed by atoms with E-state index in [-0.39, 0.29) is 17.2 Å². The molecule has 2 unspecified atom stereocenters. The van der Waals surface area contributed by atoms with E-state index in [9.17, 15) is 14.3 Å². The molecule has 7 rings (SSSR count). The standard InChI is InChI=1S/C32H38FN5O3/c1-20-6-4-10-36(15-20)29-26-17-37(30(40)25-13-24(39)12-22-8-3-7-21(2)28(22)25)18-27(26)34-31(35-29)41-19-32-9-5-11-38(32)16-23(33)14-32/h3,7-8,12-13,20,23,39H,4-6,9-11,14-19H2,1-2H3/t20?,23?,32-/m0/s1. The van der Waals surface area contributed by atoms with Gasteiger partial charge in [0.15, 0.2) is 0 Å². The minimum absolute atomic E-state index is 0.0735. The van der Waals surface area contributed by atoms with Crippen LogP contribution in [-0.4, -0.2) is 75.3 Å². The van der Waals surface area contributed by atoms with E-state index in [1.165, 1.54) is 6.42 Å². The van der Waals surface area contributed by atoms with Crippen LogP contribution >= 0.6 is 0 Å². The van der Waals surface area contributed by atoms with Crippen LogP contribution in [-0.2, 0) is 13.1 Å². The van der Waals surface area contributed by atoms with Crippen LogP contribution in [0.25, 0.3) is 10.8 Å². The molecule has 3 aromatic rings. The normalized spacial score (nSPS) is 26.0. The number of phenols is 1. The number of halogens is 1. The van der Waals surface area contributed by atoms with Crippen LogP contribution < -0.4 is 9.64 Å². The van der Waals surface area contributed by atoms with E-state index in [2.05, 4.69) is 16.7 Å². The predicted molar refractivity (Wildman–Crippen MR) is 155 cm³/mol. The molecule has 0 saturated carbocycles. The first kappa shape index (κ1) is 26.4. The highest BCUT2D eigenvalue weighted by Crippen LogP contribution is 2.41. The van der Waals surface area contributed by atoms with Crippen molar-refractivity contribution in [1.29, 1.82) is 0 Å². The summed E-state index contributed by atoms with van der Waals surface area (Å²) in [7, 11) is 0. The van der Waals surface area contributed by atoms with Crippen molar-refractivity contribution in [2.45, 2.75) is 70.8 Å². The van der Waals surface area contributed by atoms with E-state index in [0.717, 1.165) is 72.3 Å². The summed E-state index contributed by atoms with van der Waals surface area (Å²) in [5.41, 5.74) is 2.96. The molecule has 41 heavy (non-hydrogen) atoms. The van der Waals surface area contributed by atoms with Gasteiger partial charge in [0.05, 0.1) is 29.9 Å². The maximum atomic E-state index is 14.4. The maximum Gasteiger partial charge on any atom is 0.318 e. The smallest absolute Gasteiger partial charge is 0.318 e. The van der Waals surface area contributed by atoms with Crippen molar-refractivity contribution in [1.82, 2.24) is 19.8 Å². The lowest BCUT2D eigenvalue weighted by atomic mass is 9.95. The molecular weight excluding hydrogens is 521 g/mol. The molecule has 0 radical (unpaired) electrons. The van der Waals surface area contributed by atoms with Crippen LogP contribution in [0.4, 0.5) is 10.2 Å². The lowest BCUT2D eigenvalue weighted by Gasteiger charge is -2.33. The van der Waals surface area contributed by atoms with Gasteiger partial charge in [0.25, 0.3) is 5.91 Å². The summed E-state index contributed by atoms with van der Waals surface area (Å²) >= 11 is 0. The monoisotopic (exact) mass is 559 g/mol. The van der Waals surface area contributed by atoms with Gasteiger partial charge in [0.2, 0.25) is 0 Å². The Bertz CT molecular complexity index is 1510. The first-order chi connectivity index (χ1) is 19.8. The van der Waals surface area contributed by atoms with Crippen molar-refractivity contribution in [3.05, 3.63) is 52.7 Å². The summed E-state index contributed by atoms with van der Waals surface area (Å²) in [6.07, 6.45) is 3.93. The predicted octanol–water partition coefficient (Wildman–Crippen LogP) is 4.99. The number of anilines is 1. The molecule has 3 fully saturated rings. The Hall–Kier alpha value is -3.46. The number of phenolic OH excluding ortho intramolecular Hbond substituents is 1. The second-order valence-electron chi connectivity index (χ2n) is 12.6. The number of hydrogen-bond acceptors (Lipinski definition) is 7. The average Bonchev–Trinajstić information content (AvgIpc) is 3.62. The summed E-state index contributed by atoms with van der Waals surface area (Å²) in [4.78, 5) is 30.1. The fraction of sp³-hybridized carbons (Fsp3) is 0.531. The molecule has 8 nitrogen and oxygen atoms in total. The highest BCUT2D eigenvalue weighted by Gasteiger charge is 2.49. The van der Waals surface area contributed by atoms with Gasteiger partial charge in [0, 0.05) is 31.6 Å². The van der Waals surface area contributed by atoms with Gasteiger partial charge >= 0.3 is 6.01 Å².